The Labute approximate surface area is 105 Å². The monoisotopic (exact) mass is 237 g/mol. The number of carbonyl (C=O) groups is 1. The summed E-state index contributed by atoms with van der Waals surface area (Å²) in [5, 5.41) is 8.73. The fraction of sp³-hybridized carbons (Fsp3) is 0.0667. The topological polar surface area (TPSA) is 50.1 Å². The molecule has 0 aromatic heterocycles. The van der Waals surface area contributed by atoms with Crippen LogP contribution in [-0.4, -0.2) is 6.47 Å². The smallest absolute Gasteiger partial charge is 0.293 e. The Morgan fingerprint density at radius 3 is 2.06 bits per heavy atom. The third kappa shape index (κ3) is 2.74. The van der Waals surface area contributed by atoms with Crippen molar-refractivity contribution < 1.29 is 9.53 Å². The average molecular weight is 237 g/mol. The van der Waals surface area contributed by atoms with Gasteiger partial charge < -0.3 is 4.74 Å². The van der Waals surface area contributed by atoms with Crippen molar-refractivity contribution in [2.45, 2.75) is 6.61 Å². The molecule has 0 atom stereocenters. The van der Waals surface area contributed by atoms with E-state index in [4.69, 9.17) is 5.26 Å². The SMILES string of the molecule is N#Cc1ccc(-c2ccc(COC=O)cc2)cc1. The first kappa shape index (κ1) is 11.9. The van der Waals surface area contributed by atoms with Crippen molar-refractivity contribution in [1.29, 1.82) is 5.26 Å². The lowest BCUT2D eigenvalue weighted by atomic mass is 10.0. The van der Waals surface area contributed by atoms with Gasteiger partial charge in [0.05, 0.1) is 11.6 Å². The molecule has 2 aromatic rings. The van der Waals surface area contributed by atoms with E-state index in [1.165, 1.54) is 0 Å². The molecular weight excluding hydrogens is 226 g/mol. The van der Waals surface area contributed by atoms with Crippen LogP contribution in [0.15, 0.2) is 48.5 Å². The molecule has 3 nitrogen and oxygen atoms in total. The van der Waals surface area contributed by atoms with Crippen LogP contribution in [-0.2, 0) is 16.1 Å². The lowest BCUT2D eigenvalue weighted by Gasteiger charge is -2.04. The zero-order valence-electron chi connectivity index (χ0n) is 9.67. The lowest BCUT2D eigenvalue weighted by molar-refractivity contribution is -0.129. The van der Waals surface area contributed by atoms with Gasteiger partial charge in [-0.25, -0.2) is 0 Å². The highest BCUT2D eigenvalue weighted by atomic mass is 16.5. The summed E-state index contributed by atoms with van der Waals surface area (Å²) < 4.78 is 4.68. The molecule has 0 N–H and O–H groups in total. The van der Waals surface area contributed by atoms with E-state index in [-0.39, 0.29) is 6.61 Å². The second-order valence-electron chi connectivity index (χ2n) is 3.79. The maximum atomic E-state index is 10.1. The van der Waals surface area contributed by atoms with Crippen LogP contribution in [0.3, 0.4) is 0 Å². The van der Waals surface area contributed by atoms with Crippen LogP contribution in [0.5, 0.6) is 0 Å². The van der Waals surface area contributed by atoms with Crippen molar-refractivity contribution in [2.24, 2.45) is 0 Å². The summed E-state index contributed by atoms with van der Waals surface area (Å²) in [6, 6.07) is 17.2. The Hall–Kier alpha value is -2.60. The highest BCUT2D eigenvalue weighted by Crippen LogP contribution is 2.20. The maximum Gasteiger partial charge on any atom is 0.293 e. The van der Waals surface area contributed by atoms with Gasteiger partial charge in [-0.15, -0.1) is 0 Å². The van der Waals surface area contributed by atoms with Crippen LogP contribution < -0.4 is 0 Å². The Morgan fingerprint density at radius 2 is 1.56 bits per heavy atom. The molecule has 0 fully saturated rings. The van der Waals surface area contributed by atoms with Gasteiger partial charge in [-0.3, -0.25) is 4.79 Å². The number of carbonyl (C=O) groups excluding carboxylic acids is 1. The first-order valence-corrected chi connectivity index (χ1v) is 5.48. The summed E-state index contributed by atoms with van der Waals surface area (Å²) in [6.07, 6.45) is 0. The minimum Gasteiger partial charge on any atom is -0.463 e. The van der Waals surface area contributed by atoms with Gasteiger partial charge in [0, 0.05) is 0 Å². The third-order valence-corrected chi connectivity index (χ3v) is 2.62. The highest BCUT2D eigenvalue weighted by Gasteiger charge is 1.99. The molecule has 0 spiro atoms. The highest BCUT2D eigenvalue weighted by molar-refractivity contribution is 5.64. The fourth-order valence-corrected chi connectivity index (χ4v) is 1.66. The van der Waals surface area contributed by atoms with Crippen LogP contribution >= 0.6 is 0 Å². The molecule has 0 bridgehead atoms. The minimum absolute atomic E-state index is 0.289. The van der Waals surface area contributed by atoms with Crippen LogP contribution in [0.1, 0.15) is 11.1 Å². The summed E-state index contributed by atoms with van der Waals surface area (Å²) in [4.78, 5) is 10.1. The van der Waals surface area contributed by atoms with E-state index >= 15 is 0 Å². The molecule has 2 rings (SSSR count). The molecule has 88 valence electrons. The molecule has 0 aliphatic carbocycles. The van der Waals surface area contributed by atoms with Crippen molar-refractivity contribution in [3.8, 4) is 17.2 Å². The fourth-order valence-electron chi connectivity index (χ4n) is 1.66. The second-order valence-corrected chi connectivity index (χ2v) is 3.79. The van der Waals surface area contributed by atoms with Crippen LogP contribution in [0.2, 0.25) is 0 Å². The Balaban J connectivity index is 2.18. The molecule has 0 saturated carbocycles. The first-order valence-electron chi connectivity index (χ1n) is 5.48. The van der Waals surface area contributed by atoms with Crippen LogP contribution in [0.4, 0.5) is 0 Å². The van der Waals surface area contributed by atoms with Gasteiger partial charge in [0.2, 0.25) is 0 Å². The lowest BCUT2D eigenvalue weighted by Crippen LogP contribution is -1.89. The van der Waals surface area contributed by atoms with E-state index in [0.717, 1.165) is 16.7 Å². The van der Waals surface area contributed by atoms with Crippen LogP contribution in [0, 0.1) is 11.3 Å². The Kier molecular flexibility index (Phi) is 3.72. The molecule has 0 radical (unpaired) electrons. The molecule has 0 aliphatic heterocycles. The minimum atomic E-state index is 0.289. The van der Waals surface area contributed by atoms with Gasteiger partial charge in [-0.1, -0.05) is 36.4 Å². The molecule has 3 heteroatoms. The third-order valence-electron chi connectivity index (χ3n) is 2.62. The molecule has 0 unspecified atom stereocenters. The number of benzene rings is 2. The molecular formula is C15H11NO2. The number of nitriles is 1. The van der Waals surface area contributed by atoms with E-state index in [0.29, 0.717) is 12.0 Å². The number of ether oxygens (including phenoxy) is 1. The zero-order valence-corrected chi connectivity index (χ0v) is 9.67. The van der Waals surface area contributed by atoms with Gasteiger partial charge in [-0.05, 0) is 28.8 Å². The number of nitrogens with zero attached hydrogens (tertiary/aromatic N) is 1. The maximum absolute atomic E-state index is 10.1. The second kappa shape index (κ2) is 5.65. The molecule has 18 heavy (non-hydrogen) atoms. The summed E-state index contributed by atoms with van der Waals surface area (Å²) >= 11 is 0. The molecule has 0 aliphatic rings. The van der Waals surface area contributed by atoms with Crippen molar-refractivity contribution in [3.63, 3.8) is 0 Å². The van der Waals surface area contributed by atoms with Crippen molar-refractivity contribution in [2.75, 3.05) is 0 Å². The summed E-state index contributed by atoms with van der Waals surface area (Å²) in [5.41, 5.74) is 3.71. The normalized spacial score (nSPS) is 9.50. The predicted octanol–water partition coefficient (Wildman–Crippen LogP) is 2.90. The van der Waals surface area contributed by atoms with Gasteiger partial charge in [0.1, 0.15) is 6.61 Å². The molecule has 0 heterocycles. The van der Waals surface area contributed by atoms with Gasteiger partial charge in [0.15, 0.2) is 0 Å². The summed E-state index contributed by atoms with van der Waals surface area (Å²) in [7, 11) is 0. The number of hydrogen-bond acceptors (Lipinski definition) is 3. The quantitative estimate of drug-likeness (QED) is 0.768. The van der Waals surface area contributed by atoms with E-state index < -0.39 is 0 Å². The number of rotatable bonds is 4. The van der Waals surface area contributed by atoms with Crippen molar-refractivity contribution >= 4 is 6.47 Å². The van der Waals surface area contributed by atoms with Crippen molar-refractivity contribution in [3.05, 3.63) is 59.7 Å². The predicted molar refractivity (Wildman–Crippen MR) is 67.4 cm³/mol. The van der Waals surface area contributed by atoms with E-state index in [9.17, 15) is 4.79 Å². The van der Waals surface area contributed by atoms with E-state index in [2.05, 4.69) is 10.8 Å². The van der Waals surface area contributed by atoms with Gasteiger partial charge in [0.25, 0.3) is 6.47 Å². The molecule has 0 saturated heterocycles. The van der Waals surface area contributed by atoms with Crippen molar-refractivity contribution in [1.82, 2.24) is 0 Å². The molecule has 2 aromatic carbocycles. The van der Waals surface area contributed by atoms with Crippen LogP contribution in [0.25, 0.3) is 11.1 Å². The summed E-state index contributed by atoms with van der Waals surface area (Å²) in [5.74, 6) is 0. The van der Waals surface area contributed by atoms with Gasteiger partial charge in [-0.2, -0.15) is 5.26 Å². The Bertz CT molecular complexity index is 565. The van der Waals surface area contributed by atoms with Gasteiger partial charge >= 0.3 is 0 Å². The Morgan fingerprint density at radius 1 is 1.00 bits per heavy atom. The average Bonchev–Trinajstić information content (AvgIpc) is 2.46. The standard InChI is InChI=1S/C15H11NO2/c16-9-12-1-5-14(6-2-12)15-7-3-13(4-8-15)10-18-11-17/h1-8,11H,10H2. The first-order chi connectivity index (χ1) is 8.83. The number of hydrogen-bond donors (Lipinski definition) is 0. The molecule has 0 amide bonds. The largest absolute Gasteiger partial charge is 0.463 e. The van der Waals surface area contributed by atoms with E-state index in [1.807, 2.05) is 36.4 Å². The summed E-state index contributed by atoms with van der Waals surface area (Å²) in [6.45, 7) is 0.728. The zero-order chi connectivity index (χ0) is 12.8. The van der Waals surface area contributed by atoms with E-state index in [1.54, 1.807) is 12.1 Å².